The molecule has 1 fully saturated rings. The second kappa shape index (κ2) is 11.4. The molecule has 1 atom stereocenters. The van der Waals surface area contributed by atoms with Crippen LogP contribution in [0.4, 0.5) is 0 Å². The zero-order valence-corrected chi connectivity index (χ0v) is 19.3. The van der Waals surface area contributed by atoms with Crippen molar-refractivity contribution in [1.82, 2.24) is 10.2 Å². The molecule has 0 bridgehead atoms. The lowest BCUT2D eigenvalue weighted by Crippen LogP contribution is -2.51. The highest BCUT2D eigenvalue weighted by Crippen LogP contribution is 2.29. The maximum absolute atomic E-state index is 12.2. The van der Waals surface area contributed by atoms with Crippen LogP contribution >= 0.6 is 35.7 Å². The molecule has 142 valence electrons. The Morgan fingerprint density at radius 2 is 2.08 bits per heavy atom. The monoisotopic (exact) mass is 495 g/mol. The minimum atomic E-state index is -0.869. The topological polar surface area (TPSA) is 44.7 Å². The molecule has 1 heterocycles. The van der Waals surface area contributed by atoms with E-state index in [0.717, 1.165) is 36.9 Å². The SMILES string of the molecule is CCNC(=NCCS(=O)Cc1ccccc1)N1CCSC(C)(C)C1.I. The van der Waals surface area contributed by atoms with Gasteiger partial charge in [0.15, 0.2) is 5.96 Å². The molecule has 1 unspecified atom stereocenters. The molecule has 2 rings (SSSR count). The van der Waals surface area contributed by atoms with Crippen molar-refractivity contribution in [2.45, 2.75) is 31.3 Å². The molecule has 25 heavy (non-hydrogen) atoms. The molecule has 0 amide bonds. The Kier molecular flexibility index (Phi) is 10.4. The first-order chi connectivity index (χ1) is 11.5. The van der Waals surface area contributed by atoms with Crippen LogP contribution in [0.5, 0.6) is 0 Å². The van der Waals surface area contributed by atoms with Gasteiger partial charge in [-0.05, 0) is 26.3 Å². The van der Waals surface area contributed by atoms with Crippen molar-refractivity contribution in [2.75, 3.05) is 37.7 Å². The zero-order valence-electron chi connectivity index (χ0n) is 15.4. The summed E-state index contributed by atoms with van der Waals surface area (Å²) in [6.45, 7) is 10.1. The number of nitrogens with zero attached hydrogens (tertiary/aromatic N) is 2. The summed E-state index contributed by atoms with van der Waals surface area (Å²) in [5.41, 5.74) is 1.13. The van der Waals surface area contributed by atoms with Crippen LogP contribution in [-0.2, 0) is 16.6 Å². The van der Waals surface area contributed by atoms with Gasteiger partial charge in [-0.2, -0.15) is 11.8 Å². The van der Waals surface area contributed by atoms with Crippen molar-refractivity contribution in [3.05, 3.63) is 35.9 Å². The molecule has 0 aromatic heterocycles. The van der Waals surface area contributed by atoms with Crippen molar-refractivity contribution in [1.29, 1.82) is 0 Å². The minimum Gasteiger partial charge on any atom is -0.357 e. The van der Waals surface area contributed by atoms with Gasteiger partial charge in [0, 0.05) is 52.4 Å². The average molecular weight is 495 g/mol. The van der Waals surface area contributed by atoms with E-state index in [0.29, 0.717) is 18.1 Å². The predicted molar refractivity (Wildman–Crippen MR) is 123 cm³/mol. The van der Waals surface area contributed by atoms with Crippen molar-refractivity contribution >= 4 is 52.5 Å². The summed E-state index contributed by atoms with van der Waals surface area (Å²) in [5, 5.41) is 3.38. The largest absolute Gasteiger partial charge is 0.357 e. The molecule has 1 aliphatic heterocycles. The average Bonchev–Trinajstić information content (AvgIpc) is 2.54. The Labute approximate surface area is 176 Å². The molecule has 1 saturated heterocycles. The first-order valence-corrected chi connectivity index (χ1v) is 11.0. The van der Waals surface area contributed by atoms with Crippen LogP contribution in [0.2, 0.25) is 0 Å². The summed E-state index contributed by atoms with van der Waals surface area (Å²) in [4.78, 5) is 7.05. The van der Waals surface area contributed by atoms with E-state index < -0.39 is 10.8 Å². The highest BCUT2D eigenvalue weighted by molar-refractivity contribution is 14.0. The molecule has 1 aromatic rings. The van der Waals surface area contributed by atoms with Gasteiger partial charge in [0.05, 0.1) is 6.54 Å². The van der Waals surface area contributed by atoms with E-state index in [1.54, 1.807) is 0 Å². The molecular formula is C18H30IN3OS2. The molecular weight excluding hydrogens is 465 g/mol. The summed E-state index contributed by atoms with van der Waals surface area (Å²) in [7, 11) is -0.869. The molecule has 0 saturated carbocycles. The van der Waals surface area contributed by atoms with Crippen LogP contribution in [0, 0.1) is 0 Å². The van der Waals surface area contributed by atoms with Gasteiger partial charge in [-0.1, -0.05) is 30.3 Å². The number of hydrogen-bond donors (Lipinski definition) is 1. The van der Waals surface area contributed by atoms with Crippen LogP contribution in [-0.4, -0.2) is 57.5 Å². The highest BCUT2D eigenvalue weighted by Gasteiger charge is 2.28. The number of hydrogen-bond acceptors (Lipinski definition) is 3. The van der Waals surface area contributed by atoms with Crippen molar-refractivity contribution in [3.63, 3.8) is 0 Å². The van der Waals surface area contributed by atoms with Crippen molar-refractivity contribution < 1.29 is 4.21 Å². The second-order valence-corrected chi connectivity index (χ2v) is 9.92. The first-order valence-electron chi connectivity index (χ1n) is 8.56. The van der Waals surface area contributed by atoms with E-state index in [9.17, 15) is 4.21 Å². The number of aliphatic imine (C=N–C) groups is 1. The number of thioether (sulfide) groups is 1. The van der Waals surface area contributed by atoms with Gasteiger partial charge < -0.3 is 10.2 Å². The third-order valence-electron chi connectivity index (χ3n) is 3.81. The van der Waals surface area contributed by atoms with E-state index in [1.165, 1.54) is 0 Å². The van der Waals surface area contributed by atoms with E-state index in [4.69, 9.17) is 4.99 Å². The normalized spacial score (nSPS) is 18.4. The summed E-state index contributed by atoms with van der Waals surface area (Å²) in [6, 6.07) is 10.0. The molecule has 4 nitrogen and oxygen atoms in total. The number of guanidine groups is 1. The van der Waals surface area contributed by atoms with Crippen LogP contribution < -0.4 is 5.32 Å². The third-order valence-corrected chi connectivity index (χ3v) is 6.40. The third kappa shape index (κ3) is 8.30. The maximum atomic E-state index is 12.2. The Morgan fingerprint density at radius 1 is 1.36 bits per heavy atom. The fourth-order valence-corrected chi connectivity index (χ4v) is 4.82. The fraction of sp³-hybridized carbons (Fsp3) is 0.611. The molecule has 0 aliphatic carbocycles. The van der Waals surface area contributed by atoms with Crippen LogP contribution in [0.15, 0.2) is 35.3 Å². The Balaban J connectivity index is 0.00000312. The van der Waals surface area contributed by atoms with Crippen LogP contribution in [0.25, 0.3) is 0 Å². The van der Waals surface area contributed by atoms with E-state index in [-0.39, 0.29) is 28.7 Å². The Hall–Kier alpha value is -0.280. The van der Waals surface area contributed by atoms with Crippen molar-refractivity contribution in [2.24, 2.45) is 4.99 Å². The Morgan fingerprint density at radius 3 is 2.72 bits per heavy atom. The smallest absolute Gasteiger partial charge is 0.194 e. The lowest BCUT2D eigenvalue weighted by atomic mass is 10.2. The number of nitrogens with one attached hydrogen (secondary N) is 1. The van der Waals surface area contributed by atoms with Gasteiger partial charge in [0.2, 0.25) is 0 Å². The molecule has 0 spiro atoms. The van der Waals surface area contributed by atoms with E-state index in [2.05, 4.69) is 31.0 Å². The van der Waals surface area contributed by atoms with Gasteiger partial charge in [-0.3, -0.25) is 9.20 Å². The van der Waals surface area contributed by atoms with Gasteiger partial charge >= 0.3 is 0 Å². The van der Waals surface area contributed by atoms with Gasteiger partial charge in [-0.25, -0.2) is 0 Å². The second-order valence-electron chi connectivity index (χ2n) is 6.54. The molecule has 0 radical (unpaired) electrons. The van der Waals surface area contributed by atoms with Gasteiger partial charge in [0.25, 0.3) is 0 Å². The standard InChI is InChI=1S/C18H29N3OS2.HI/c1-4-19-17(21-11-12-23-18(2,3)15-21)20-10-13-24(22)14-16-8-6-5-7-9-16;/h5-9H,4,10-15H2,1-3H3,(H,19,20);1H. The number of rotatable bonds is 6. The molecule has 7 heteroatoms. The Bertz CT molecular complexity index is 567. The number of halogens is 1. The minimum absolute atomic E-state index is 0. The molecule has 1 aromatic carbocycles. The number of benzene rings is 1. The van der Waals surface area contributed by atoms with E-state index in [1.807, 2.05) is 42.1 Å². The van der Waals surface area contributed by atoms with Gasteiger partial charge in [0.1, 0.15) is 0 Å². The highest BCUT2D eigenvalue weighted by atomic mass is 127. The summed E-state index contributed by atoms with van der Waals surface area (Å²) < 4.78 is 12.5. The molecule has 1 aliphatic rings. The summed E-state index contributed by atoms with van der Waals surface area (Å²) in [5.74, 6) is 3.30. The zero-order chi connectivity index (χ0) is 17.4. The molecule has 1 N–H and O–H groups in total. The van der Waals surface area contributed by atoms with E-state index >= 15 is 0 Å². The van der Waals surface area contributed by atoms with Crippen LogP contribution in [0.1, 0.15) is 26.3 Å². The first kappa shape index (κ1) is 22.8. The quantitative estimate of drug-likeness (QED) is 0.374. The summed E-state index contributed by atoms with van der Waals surface area (Å²) in [6.07, 6.45) is 0. The lowest BCUT2D eigenvalue weighted by Gasteiger charge is -2.39. The van der Waals surface area contributed by atoms with Gasteiger partial charge in [-0.15, -0.1) is 24.0 Å². The predicted octanol–water partition coefficient (Wildman–Crippen LogP) is 3.35. The van der Waals surface area contributed by atoms with Crippen LogP contribution in [0.3, 0.4) is 0 Å². The maximum Gasteiger partial charge on any atom is 0.194 e. The lowest BCUT2D eigenvalue weighted by molar-refractivity contribution is 0.376. The summed E-state index contributed by atoms with van der Waals surface area (Å²) >= 11 is 2.02. The fourth-order valence-electron chi connectivity index (χ4n) is 2.71. The van der Waals surface area contributed by atoms with Crippen molar-refractivity contribution in [3.8, 4) is 0 Å².